The van der Waals surface area contributed by atoms with Gasteiger partial charge in [0.25, 0.3) is 0 Å². The molecule has 0 fully saturated rings. The Morgan fingerprint density at radius 1 is 0.789 bits per heavy atom. The summed E-state index contributed by atoms with van der Waals surface area (Å²) in [5.41, 5.74) is 0. The van der Waals surface area contributed by atoms with Crippen molar-refractivity contribution in [2.24, 2.45) is 0 Å². The highest BCUT2D eigenvalue weighted by atomic mass is 16.6. The van der Waals surface area contributed by atoms with E-state index in [2.05, 4.69) is 6.92 Å². The van der Waals surface area contributed by atoms with Crippen LogP contribution in [0.2, 0.25) is 0 Å². The summed E-state index contributed by atoms with van der Waals surface area (Å²) in [6.45, 7) is 5.98. The van der Waals surface area contributed by atoms with Gasteiger partial charge in [0.1, 0.15) is 0 Å². The molecule has 0 aromatic rings. The molecule has 0 aliphatic carbocycles. The van der Waals surface area contributed by atoms with Crippen LogP contribution in [0, 0.1) is 0 Å². The van der Waals surface area contributed by atoms with Crippen molar-refractivity contribution >= 4 is 0 Å². The number of ether oxygens (including phenoxy) is 2. The van der Waals surface area contributed by atoms with Gasteiger partial charge < -0.3 is 14.6 Å². The van der Waals surface area contributed by atoms with E-state index in [-0.39, 0.29) is 0 Å². The normalized spacial score (nSPS) is 12.8. The van der Waals surface area contributed by atoms with Crippen molar-refractivity contribution in [2.75, 3.05) is 19.8 Å². The fourth-order valence-electron chi connectivity index (χ4n) is 2.10. The van der Waals surface area contributed by atoms with E-state index in [4.69, 9.17) is 9.47 Å². The first-order valence-electron chi connectivity index (χ1n) is 8.18. The Morgan fingerprint density at radius 3 is 1.95 bits per heavy atom. The fourth-order valence-corrected chi connectivity index (χ4v) is 2.10. The van der Waals surface area contributed by atoms with Gasteiger partial charge in [-0.25, -0.2) is 0 Å². The van der Waals surface area contributed by atoms with Crippen LogP contribution < -0.4 is 0 Å². The molecule has 0 saturated carbocycles. The Bertz CT molecular complexity index is 162. The summed E-state index contributed by atoms with van der Waals surface area (Å²) in [6.07, 6.45) is 11.9. The number of hydrogen-bond acceptors (Lipinski definition) is 3. The van der Waals surface area contributed by atoms with Gasteiger partial charge in [0, 0.05) is 6.61 Å². The van der Waals surface area contributed by atoms with E-state index in [1.807, 2.05) is 6.92 Å². The third-order valence-corrected chi connectivity index (χ3v) is 3.30. The van der Waals surface area contributed by atoms with E-state index in [9.17, 15) is 5.11 Å². The van der Waals surface area contributed by atoms with Crippen LogP contribution in [0.5, 0.6) is 0 Å². The Balaban J connectivity index is 3.07. The molecular formula is C16H34O3. The molecule has 116 valence electrons. The molecule has 0 spiro atoms. The zero-order valence-electron chi connectivity index (χ0n) is 13.0. The molecule has 0 heterocycles. The minimum absolute atomic E-state index is 0.492. The lowest BCUT2D eigenvalue weighted by Crippen LogP contribution is -2.15. The van der Waals surface area contributed by atoms with E-state index in [1.165, 1.54) is 51.4 Å². The summed E-state index contributed by atoms with van der Waals surface area (Å²) in [6, 6.07) is 0. The minimum Gasteiger partial charge on any atom is -0.379 e. The highest BCUT2D eigenvalue weighted by Crippen LogP contribution is 2.11. The van der Waals surface area contributed by atoms with Crippen LogP contribution in [-0.4, -0.2) is 31.2 Å². The smallest absolute Gasteiger partial charge is 0.154 e. The molecule has 0 saturated heterocycles. The van der Waals surface area contributed by atoms with Crippen molar-refractivity contribution in [3.05, 3.63) is 0 Å². The second-order valence-electron chi connectivity index (χ2n) is 5.14. The van der Waals surface area contributed by atoms with Crippen molar-refractivity contribution < 1.29 is 14.6 Å². The van der Waals surface area contributed by atoms with Gasteiger partial charge >= 0.3 is 0 Å². The highest BCUT2D eigenvalue weighted by Gasteiger charge is 2.03. The van der Waals surface area contributed by atoms with Gasteiger partial charge in [-0.3, -0.25) is 0 Å². The van der Waals surface area contributed by atoms with E-state index in [1.54, 1.807) is 0 Å². The predicted octanol–water partition coefficient (Wildman–Crippen LogP) is 4.28. The maximum atomic E-state index is 9.57. The van der Waals surface area contributed by atoms with Crippen molar-refractivity contribution in [1.29, 1.82) is 0 Å². The number of aliphatic hydroxyl groups is 1. The molecule has 0 aromatic carbocycles. The lowest BCUT2D eigenvalue weighted by Gasteiger charge is -2.11. The first kappa shape index (κ1) is 18.9. The topological polar surface area (TPSA) is 38.7 Å². The standard InChI is InChI=1S/C16H34O3/c1-3-5-6-7-8-9-10-11-12-13-16(17)19-15-14-18-4-2/h16-17H,3-15H2,1-2H3. The molecule has 1 unspecified atom stereocenters. The van der Waals surface area contributed by atoms with Gasteiger partial charge in [-0.1, -0.05) is 58.3 Å². The number of rotatable bonds is 15. The predicted molar refractivity (Wildman–Crippen MR) is 80.3 cm³/mol. The van der Waals surface area contributed by atoms with Crippen molar-refractivity contribution in [1.82, 2.24) is 0 Å². The van der Waals surface area contributed by atoms with Gasteiger partial charge in [0.15, 0.2) is 6.29 Å². The molecule has 1 N–H and O–H groups in total. The van der Waals surface area contributed by atoms with Gasteiger partial charge in [0.2, 0.25) is 0 Å². The average molecular weight is 274 g/mol. The molecule has 19 heavy (non-hydrogen) atoms. The average Bonchev–Trinajstić information content (AvgIpc) is 2.42. The van der Waals surface area contributed by atoms with E-state index < -0.39 is 6.29 Å². The lowest BCUT2D eigenvalue weighted by molar-refractivity contribution is -0.116. The highest BCUT2D eigenvalue weighted by molar-refractivity contribution is 4.49. The number of hydrogen-bond donors (Lipinski definition) is 1. The SMILES string of the molecule is CCCCCCCCCCCC(O)OCCOCC. The molecule has 0 aliphatic rings. The van der Waals surface area contributed by atoms with Crippen LogP contribution in [0.3, 0.4) is 0 Å². The maximum Gasteiger partial charge on any atom is 0.154 e. The van der Waals surface area contributed by atoms with Gasteiger partial charge in [-0.15, -0.1) is 0 Å². The third kappa shape index (κ3) is 15.8. The monoisotopic (exact) mass is 274 g/mol. The second kappa shape index (κ2) is 15.9. The van der Waals surface area contributed by atoms with Crippen molar-refractivity contribution in [3.63, 3.8) is 0 Å². The molecule has 0 radical (unpaired) electrons. The largest absolute Gasteiger partial charge is 0.379 e. The van der Waals surface area contributed by atoms with E-state index >= 15 is 0 Å². The lowest BCUT2D eigenvalue weighted by atomic mass is 10.1. The van der Waals surface area contributed by atoms with Crippen molar-refractivity contribution in [3.8, 4) is 0 Å². The van der Waals surface area contributed by atoms with Crippen LogP contribution in [0.4, 0.5) is 0 Å². The molecule has 3 heteroatoms. The Hall–Kier alpha value is -0.120. The fraction of sp³-hybridized carbons (Fsp3) is 1.00. The summed E-state index contributed by atoms with van der Waals surface area (Å²) >= 11 is 0. The Morgan fingerprint density at radius 2 is 1.37 bits per heavy atom. The van der Waals surface area contributed by atoms with E-state index in [0.717, 1.165) is 12.8 Å². The minimum atomic E-state index is -0.606. The first-order chi connectivity index (χ1) is 9.31. The molecule has 1 atom stereocenters. The summed E-state index contributed by atoms with van der Waals surface area (Å²) in [7, 11) is 0. The van der Waals surface area contributed by atoms with Crippen molar-refractivity contribution in [2.45, 2.75) is 84.3 Å². The van der Waals surface area contributed by atoms with Gasteiger partial charge in [0.05, 0.1) is 13.2 Å². The molecular weight excluding hydrogens is 240 g/mol. The molecule has 0 rings (SSSR count). The third-order valence-electron chi connectivity index (χ3n) is 3.30. The molecule has 0 aromatic heterocycles. The van der Waals surface area contributed by atoms with Crippen LogP contribution in [0.1, 0.15) is 78.1 Å². The first-order valence-corrected chi connectivity index (χ1v) is 8.18. The quantitative estimate of drug-likeness (QED) is 0.358. The number of aliphatic hydroxyl groups excluding tert-OH is 1. The van der Waals surface area contributed by atoms with Crippen LogP contribution in [0.25, 0.3) is 0 Å². The van der Waals surface area contributed by atoms with E-state index in [0.29, 0.717) is 19.8 Å². The second-order valence-corrected chi connectivity index (χ2v) is 5.14. The molecule has 0 bridgehead atoms. The summed E-state index contributed by atoms with van der Waals surface area (Å²) < 4.78 is 10.4. The zero-order valence-corrected chi connectivity index (χ0v) is 13.0. The number of unbranched alkanes of at least 4 members (excludes halogenated alkanes) is 8. The Labute approximate surface area is 119 Å². The molecule has 0 amide bonds. The van der Waals surface area contributed by atoms with Gasteiger partial charge in [-0.05, 0) is 19.8 Å². The summed E-state index contributed by atoms with van der Waals surface area (Å²) in [5.74, 6) is 0. The zero-order chi connectivity index (χ0) is 14.2. The van der Waals surface area contributed by atoms with Gasteiger partial charge in [-0.2, -0.15) is 0 Å². The Kier molecular flexibility index (Phi) is 15.8. The van der Waals surface area contributed by atoms with Crippen LogP contribution in [0.15, 0.2) is 0 Å². The summed E-state index contributed by atoms with van der Waals surface area (Å²) in [4.78, 5) is 0. The molecule has 3 nitrogen and oxygen atoms in total. The maximum absolute atomic E-state index is 9.57. The summed E-state index contributed by atoms with van der Waals surface area (Å²) in [5, 5.41) is 9.57. The molecule has 0 aliphatic heterocycles. The van der Waals surface area contributed by atoms with Crippen LogP contribution in [-0.2, 0) is 9.47 Å². The van der Waals surface area contributed by atoms with Crippen LogP contribution >= 0.6 is 0 Å².